The number of amides is 3. The molecule has 3 atom stereocenters. The summed E-state index contributed by atoms with van der Waals surface area (Å²) in [4.78, 5) is 39.2. The van der Waals surface area contributed by atoms with Crippen LogP contribution in [0.4, 0.5) is 0 Å². The van der Waals surface area contributed by atoms with Crippen molar-refractivity contribution in [3.05, 3.63) is 47.5 Å². The molecule has 11 nitrogen and oxygen atoms in total. The van der Waals surface area contributed by atoms with E-state index in [1.54, 1.807) is 24.3 Å². The first-order chi connectivity index (χ1) is 17.7. The van der Waals surface area contributed by atoms with Gasteiger partial charge in [-0.05, 0) is 78.9 Å². The van der Waals surface area contributed by atoms with Gasteiger partial charge in [-0.15, -0.1) is 0 Å². The first-order valence-electron chi connectivity index (χ1n) is 12.4. The van der Waals surface area contributed by atoms with E-state index in [-0.39, 0.29) is 30.8 Å². The van der Waals surface area contributed by atoms with Crippen LogP contribution < -0.4 is 33.2 Å². The Bertz CT molecular complexity index is 1120. The van der Waals surface area contributed by atoms with Gasteiger partial charge in [-0.25, -0.2) is 0 Å². The monoisotopic (exact) mass is 512 g/mol. The van der Waals surface area contributed by atoms with Crippen molar-refractivity contribution in [2.24, 2.45) is 17.2 Å². The minimum absolute atomic E-state index is 0.00187. The molecule has 37 heavy (non-hydrogen) atoms. The quantitative estimate of drug-likeness (QED) is 0.223. The highest BCUT2D eigenvalue weighted by Gasteiger charge is 2.29. The average molecular weight is 513 g/mol. The fourth-order valence-electron chi connectivity index (χ4n) is 4.19. The molecule has 11 N–H and O–H groups in total. The molecule has 3 amide bonds. The summed E-state index contributed by atoms with van der Waals surface area (Å²) in [5, 5.41) is 29.1. The smallest absolute Gasteiger partial charge is 0.243 e. The summed E-state index contributed by atoms with van der Waals surface area (Å²) in [5.41, 5.74) is 19.7. The summed E-state index contributed by atoms with van der Waals surface area (Å²) in [7, 11) is 0. The second kappa shape index (κ2) is 13.0. The number of carbonyl (C=O) groups is 3. The third kappa shape index (κ3) is 7.42. The van der Waals surface area contributed by atoms with Gasteiger partial charge in [0.15, 0.2) is 0 Å². The Morgan fingerprint density at radius 3 is 2.08 bits per heavy atom. The van der Waals surface area contributed by atoms with Crippen LogP contribution in [-0.4, -0.2) is 65.7 Å². The molecule has 3 rings (SSSR count). The van der Waals surface area contributed by atoms with E-state index in [1.807, 2.05) is 0 Å². The van der Waals surface area contributed by atoms with Crippen molar-refractivity contribution in [3.8, 4) is 22.6 Å². The van der Waals surface area contributed by atoms with E-state index < -0.39 is 35.8 Å². The van der Waals surface area contributed by atoms with Crippen molar-refractivity contribution in [3.63, 3.8) is 0 Å². The minimum atomic E-state index is -1.04. The van der Waals surface area contributed by atoms with Crippen molar-refractivity contribution in [2.75, 3.05) is 19.6 Å². The highest BCUT2D eigenvalue weighted by atomic mass is 16.3. The molecule has 0 spiro atoms. The molecule has 0 saturated carbocycles. The van der Waals surface area contributed by atoms with Gasteiger partial charge in [-0.3, -0.25) is 14.4 Å². The zero-order valence-corrected chi connectivity index (χ0v) is 20.7. The van der Waals surface area contributed by atoms with Crippen molar-refractivity contribution >= 4 is 17.7 Å². The lowest BCUT2D eigenvalue weighted by atomic mass is 9.95. The fourth-order valence-corrected chi connectivity index (χ4v) is 4.19. The Balaban J connectivity index is 2.06. The van der Waals surface area contributed by atoms with Crippen molar-refractivity contribution in [1.82, 2.24) is 16.0 Å². The zero-order chi connectivity index (χ0) is 26.9. The normalized spacial score (nSPS) is 20.2. The molecule has 2 unspecified atom stereocenters. The second-order valence-electron chi connectivity index (χ2n) is 9.19. The molecular formula is C26H36N6O5. The van der Waals surface area contributed by atoms with Crippen LogP contribution in [0.1, 0.15) is 30.4 Å². The lowest BCUT2D eigenvalue weighted by molar-refractivity contribution is -0.132. The Hall–Kier alpha value is -3.67. The van der Waals surface area contributed by atoms with Gasteiger partial charge in [0.05, 0.1) is 6.04 Å². The molecule has 1 aliphatic rings. The SMILES string of the molecule is NCCCNC(=O)C1Cc2cc(ccc2O)-c2ccc(O)c(c2)CC(N)C(=O)N[C@@H](CCCN)C(=O)N1. The molecule has 2 aromatic rings. The van der Waals surface area contributed by atoms with Crippen LogP contribution in [0.25, 0.3) is 11.1 Å². The molecule has 1 aliphatic heterocycles. The van der Waals surface area contributed by atoms with Gasteiger partial charge >= 0.3 is 0 Å². The van der Waals surface area contributed by atoms with Crippen LogP contribution in [0.15, 0.2) is 36.4 Å². The number of phenolic OH excluding ortho intramolecular Hbond substituents is 2. The van der Waals surface area contributed by atoms with Gasteiger partial charge < -0.3 is 43.4 Å². The Labute approximate surface area is 215 Å². The molecule has 1 heterocycles. The number of hydrogen-bond acceptors (Lipinski definition) is 8. The van der Waals surface area contributed by atoms with Crippen LogP contribution in [0, 0.1) is 0 Å². The third-order valence-corrected chi connectivity index (χ3v) is 6.34. The van der Waals surface area contributed by atoms with Crippen LogP contribution in [0.2, 0.25) is 0 Å². The maximum absolute atomic E-state index is 13.3. The van der Waals surface area contributed by atoms with E-state index in [9.17, 15) is 24.6 Å². The summed E-state index contributed by atoms with van der Waals surface area (Å²) in [6.45, 7) is 1.02. The molecule has 0 radical (unpaired) electrons. The summed E-state index contributed by atoms with van der Waals surface area (Å²) >= 11 is 0. The predicted molar refractivity (Wildman–Crippen MR) is 139 cm³/mol. The Morgan fingerprint density at radius 1 is 0.892 bits per heavy atom. The molecule has 4 bridgehead atoms. The lowest BCUT2D eigenvalue weighted by Gasteiger charge is -2.24. The van der Waals surface area contributed by atoms with Crippen molar-refractivity contribution in [2.45, 2.75) is 50.2 Å². The topological polar surface area (TPSA) is 206 Å². The van der Waals surface area contributed by atoms with E-state index in [1.165, 1.54) is 12.1 Å². The minimum Gasteiger partial charge on any atom is -0.508 e. The van der Waals surface area contributed by atoms with Crippen molar-refractivity contribution in [1.29, 1.82) is 0 Å². The van der Waals surface area contributed by atoms with Gasteiger partial charge in [0.25, 0.3) is 0 Å². The first-order valence-corrected chi connectivity index (χ1v) is 12.4. The van der Waals surface area contributed by atoms with Crippen LogP contribution in [-0.2, 0) is 27.2 Å². The number of aromatic hydroxyl groups is 2. The number of rotatable bonds is 7. The molecule has 200 valence electrons. The second-order valence-corrected chi connectivity index (χ2v) is 9.19. The van der Waals surface area contributed by atoms with Crippen LogP contribution in [0.5, 0.6) is 11.5 Å². The number of benzene rings is 2. The molecule has 0 saturated heterocycles. The highest BCUT2D eigenvalue weighted by molar-refractivity contribution is 5.93. The van der Waals surface area contributed by atoms with E-state index in [2.05, 4.69) is 16.0 Å². The zero-order valence-electron chi connectivity index (χ0n) is 20.7. The summed E-state index contributed by atoms with van der Waals surface area (Å²) in [5.74, 6) is -1.62. The maximum Gasteiger partial charge on any atom is 0.243 e. The van der Waals surface area contributed by atoms with Gasteiger partial charge in [-0.2, -0.15) is 0 Å². The van der Waals surface area contributed by atoms with Gasteiger partial charge in [0.2, 0.25) is 17.7 Å². The van der Waals surface area contributed by atoms with E-state index in [0.717, 1.165) is 11.1 Å². The van der Waals surface area contributed by atoms with E-state index in [0.29, 0.717) is 43.6 Å². The number of carbonyl (C=O) groups excluding carboxylic acids is 3. The lowest BCUT2D eigenvalue weighted by Crippen LogP contribution is -2.56. The number of hydrogen-bond donors (Lipinski definition) is 8. The van der Waals surface area contributed by atoms with Gasteiger partial charge in [-0.1, -0.05) is 12.1 Å². The number of nitrogens with one attached hydrogen (secondary N) is 3. The average Bonchev–Trinajstić information content (AvgIpc) is 2.88. The number of fused-ring (bicyclic) bond motifs is 5. The molecule has 0 fully saturated rings. The highest BCUT2D eigenvalue weighted by Crippen LogP contribution is 2.30. The van der Waals surface area contributed by atoms with Crippen LogP contribution in [0.3, 0.4) is 0 Å². The standard InChI is InChI=1S/C26H36N6O5/c27-8-1-3-20-26(37)32-21(25(36)30-10-2-9-28)14-18-12-16(5-7-23(18)34)15-4-6-22(33)17(11-15)13-19(29)24(35)31-20/h4-7,11-12,19-21,33-34H,1-3,8-10,13-14,27-29H2,(H,30,36)(H,31,35)(H,32,37)/t19?,20-,21?/m0/s1. The molecular weight excluding hydrogens is 476 g/mol. The summed E-state index contributed by atoms with van der Waals surface area (Å²) < 4.78 is 0. The molecule has 0 aliphatic carbocycles. The van der Waals surface area contributed by atoms with E-state index in [4.69, 9.17) is 17.2 Å². The largest absolute Gasteiger partial charge is 0.508 e. The maximum atomic E-state index is 13.3. The van der Waals surface area contributed by atoms with Gasteiger partial charge in [0, 0.05) is 19.4 Å². The Kier molecular flexibility index (Phi) is 9.84. The third-order valence-electron chi connectivity index (χ3n) is 6.34. The summed E-state index contributed by atoms with van der Waals surface area (Å²) in [6, 6.07) is 6.86. The number of phenols is 2. The summed E-state index contributed by atoms with van der Waals surface area (Å²) in [6.07, 6.45) is 1.29. The van der Waals surface area contributed by atoms with Gasteiger partial charge in [0.1, 0.15) is 23.6 Å². The predicted octanol–water partition coefficient (Wildman–Crippen LogP) is -0.636. The van der Waals surface area contributed by atoms with E-state index >= 15 is 0 Å². The first kappa shape index (κ1) is 27.9. The fraction of sp³-hybridized carbons (Fsp3) is 0.423. The number of nitrogens with two attached hydrogens (primary N) is 3. The molecule has 2 aromatic carbocycles. The molecule has 0 aromatic heterocycles. The van der Waals surface area contributed by atoms with Crippen LogP contribution >= 0.6 is 0 Å². The Morgan fingerprint density at radius 2 is 1.49 bits per heavy atom. The molecule has 11 heteroatoms. The van der Waals surface area contributed by atoms with Crippen molar-refractivity contribution < 1.29 is 24.6 Å².